The fourth-order valence-electron chi connectivity index (χ4n) is 2.40. The Balaban J connectivity index is 2.54. The van der Waals surface area contributed by atoms with Crippen LogP contribution in [0.4, 0.5) is 0 Å². The molecule has 0 heterocycles. The summed E-state index contributed by atoms with van der Waals surface area (Å²) in [5, 5.41) is 1.30. The molecule has 0 bridgehead atoms. The summed E-state index contributed by atoms with van der Waals surface area (Å²) in [6.07, 6.45) is 0. The highest BCUT2D eigenvalue weighted by Gasteiger charge is 2.32. The van der Waals surface area contributed by atoms with Gasteiger partial charge in [0.05, 0.1) is 19.6 Å². The third kappa shape index (κ3) is 1.14. The van der Waals surface area contributed by atoms with Crippen LogP contribution in [0.1, 0.15) is 20.7 Å². The van der Waals surface area contributed by atoms with Gasteiger partial charge >= 0.3 is 0 Å². The van der Waals surface area contributed by atoms with Gasteiger partial charge in [-0.15, -0.1) is 0 Å². The van der Waals surface area contributed by atoms with Crippen molar-refractivity contribution in [2.24, 2.45) is 0 Å². The fraction of sp³-hybridized carbons (Fsp3) is 0.143. The Morgan fingerprint density at radius 1 is 0.722 bits per heavy atom. The standard InChI is InChI=1S/C14H10O4/c1-17-9-5-3-7-11-8(14(16)13(7)15)4-6-10(18-2)12(9)11/h3-6H,1-2H3. The normalized spacial score (nSPS) is 13.2. The molecule has 4 nitrogen and oxygen atoms in total. The zero-order chi connectivity index (χ0) is 12.9. The smallest absolute Gasteiger partial charge is 0.234 e. The summed E-state index contributed by atoms with van der Waals surface area (Å²) < 4.78 is 10.6. The lowest BCUT2D eigenvalue weighted by Crippen LogP contribution is -2.05. The van der Waals surface area contributed by atoms with Gasteiger partial charge in [0.15, 0.2) is 0 Å². The molecule has 2 aromatic rings. The third-order valence-electron chi connectivity index (χ3n) is 3.22. The van der Waals surface area contributed by atoms with Crippen molar-refractivity contribution in [2.75, 3.05) is 14.2 Å². The van der Waals surface area contributed by atoms with Crippen LogP contribution >= 0.6 is 0 Å². The molecular formula is C14H10O4. The van der Waals surface area contributed by atoms with Gasteiger partial charge in [-0.05, 0) is 24.3 Å². The Morgan fingerprint density at radius 3 is 1.56 bits per heavy atom. The minimum absolute atomic E-state index is 0.421. The van der Waals surface area contributed by atoms with E-state index in [9.17, 15) is 9.59 Å². The second-order valence-corrected chi connectivity index (χ2v) is 4.04. The molecule has 0 atom stereocenters. The predicted octanol–water partition coefficient (Wildman–Crippen LogP) is 2.24. The molecule has 90 valence electrons. The Labute approximate surface area is 103 Å². The van der Waals surface area contributed by atoms with E-state index >= 15 is 0 Å². The summed E-state index contributed by atoms with van der Waals surface area (Å²) in [6.45, 7) is 0. The van der Waals surface area contributed by atoms with Gasteiger partial charge in [0.25, 0.3) is 0 Å². The molecule has 0 fully saturated rings. The molecule has 2 aromatic carbocycles. The fourth-order valence-corrected chi connectivity index (χ4v) is 2.40. The first-order valence-electron chi connectivity index (χ1n) is 5.45. The van der Waals surface area contributed by atoms with Gasteiger partial charge in [0.1, 0.15) is 11.5 Å². The minimum atomic E-state index is -0.467. The maximum atomic E-state index is 11.8. The van der Waals surface area contributed by atoms with Crippen LogP contribution in [-0.2, 0) is 0 Å². The van der Waals surface area contributed by atoms with Crippen LogP contribution in [-0.4, -0.2) is 25.8 Å². The number of hydrogen-bond donors (Lipinski definition) is 0. The van der Waals surface area contributed by atoms with E-state index in [1.54, 1.807) is 38.5 Å². The summed E-state index contributed by atoms with van der Waals surface area (Å²) in [5.74, 6) is 0.252. The Hall–Kier alpha value is -2.36. The van der Waals surface area contributed by atoms with Gasteiger partial charge in [-0.2, -0.15) is 0 Å². The second kappa shape index (κ2) is 3.57. The summed E-state index contributed by atoms with van der Waals surface area (Å²) in [6, 6.07) is 6.61. The monoisotopic (exact) mass is 242 g/mol. The number of ketones is 2. The van der Waals surface area contributed by atoms with Crippen molar-refractivity contribution < 1.29 is 19.1 Å². The van der Waals surface area contributed by atoms with Gasteiger partial charge in [-0.25, -0.2) is 0 Å². The van der Waals surface area contributed by atoms with E-state index in [-0.39, 0.29) is 0 Å². The van der Waals surface area contributed by atoms with Crippen molar-refractivity contribution in [3.05, 3.63) is 35.4 Å². The maximum Gasteiger partial charge on any atom is 0.234 e. The highest BCUT2D eigenvalue weighted by Crippen LogP contribution is 2.41. The number of Topliss-reactive ketones (excluding diaryl/α,β-unsaturated/α-hetero) is 2. The van der Waals surface area contributed by atoms with Crippen LogP contribution in [0.15, 0.2) is 24.3 Å². The summed E-state index contributed by atoms with van der Waals surface area (Å²) in [5.41, 5.74) is 0.842. The zero-order valence-electron chi connectivity index (χ0n) is 9.94. The molecule has 0 N–H and O–H groups in total. The first kappa shape index (κ1) is 10.8. The first-order valence-corrected chi connectivity index (χ1v) is 5.45. The molecule has 0 saturated heterocycles. The Morgan fingerprint density at radius 2 is 1.17 bits per heavy atom. The summed E-state index contributed by atoms with van der Waals surface area (Å²) in [4.78, 5) is 23.7. The van der Waals surface area contributed by atoms with E-state index in [0.29, 0.717) is 33.4 Å². The van der Waals surface area contributed by atoms with Crippen LogP contribution in [0.3, 0.4) is 0 Å². The quantitative estimate of drug-likeness (QED) is 0.758. The average molecular weight is 242 g/mol. The van der Waals surface area contributed by atoms with Crippen molar-refractivity contribution in [3.8, 4) is 11.5 Å². The summed E-state index contributed by atoms with van der Waals surface area (Å²) >= 11 is 0. The number of benzene rings is 2. The Bertz CT molecular complexity index is 644. The van der Waals surface area contributed by atoms with Crippen LogP contribution in [0.2, 0.25) is 0 Å². The van der Waals surface area contributed by atoms with E-state index in [1.807, 2.05) is 0 Å². The lowest BCUT2D eigenvalue weighted by molar-refractivity contribution is 0.0825. The number of methoxy groups -OCH3 is 2. The van der Waals surface area contributed by atoms with Crippen molar-refractivity contribution in [2.45, 2.75) is 0 Å². The van der Waals surface area contributed by atoms with Crippen LogP contribution in [0.25, 0.3) is 10.8 Å². The molecule has 0 aliphatic heterocycles. The van der Waals surface area contributed by atoms with Crippen molar-refractivity contribution >= 4 is 22.3 Å². The van der Waals surface area contributed by atoms with E-state index in [2.05, 4.69) is 0 Å². The largest absolute Gasteiger partial charge is 0.496 e. The molecule has 0 amide bonds. The van der Waals surface area contributed by atoms with Crippen LogP contribution in [0, 0.1) is 0 Å². The van der Waals surface area contributed by atoms with Gasteiger partial charge < -0.3 is 9.47 Å². The average Bonchev–Trinajstić information content (AvgIpc) is 2.66. The Kier molecular flexibility index (Phi) is 2.13. The molecule has 0 radical (unpaired) electrons. The highest BCUT2D eigenvalue weighted by atomic mass is 16.5. The second-order valence-electron chi connectivity index (χ2n) is 4.04. The first-order chi connectivity index (χ1) is 8.69. The van der Waals surface area contributed by atoms with Gasteiger partial charge in [0, 0.05) is 16.5 Å². The molecule has 0 saturated carbocycles. The van der Waals surface area contributed by atoms with Crippen molar-refractivity contribution in [1.29, 1.82) is 0 Å². The molecule has 1 aliphatic carbocycles. The summed E-state index contributed by atoms with van der Waals surface area (Å²) in [7, 11) is 3.09. The maximum absolute atomic E-state index is 11.8. The van der Waals surface area contributed by atoms with Crippen LogP contribution < -0.4 is 9.47 Å². The number of carbonyl (C=O) groups is 2. The SMILES string of the molecule is COc1ccc2c3c(ccc(OC)c13)C(=O)C2=O. The van der Waals surface area contributed by atoms with Gasteiger partial charge in [0.2, 0.25) is 11.6 Å². The van der Waals surface area contributed by atoms with E-state index in [0.717, 1.165) is 0 Å². The topological polar surface area (TPSA) is 52.6 Å². The molecular weight excluding hydrogens is 232 g/mol. The number of ether oxygens (including phenoxy) is 2. The van der Waals surface area contributed by atoms with Crippen LogP contribution in [0.5, 0.6) is 11.5 Å². The predicted molar refractivity (Wildman–Crippen MR) is 65.7 cm³/mol. The van der Waals surface area contributed by atoms with Crippen molar-refractivity contribution in [1.82, 2.24) is 0 Å². The lowest BCUT2D eigenvalue weighted by Gasteiger charge is -2.10. The van der Waals surface area contributed by atoms with E-state index in [4.69, 9.17) is 9.47 Å². The van der Waals surface area contributed by atoms with Gasteiger partial charge in [-0.1, -0.05) is 0 Å². The number of hydrogen-bond acceptors (Lipinski definition) is 4. The molecule has 1 aliphatic rings. The third-order valence-corrected chi connectivity index (χ3v) is 3.22. The highest BCUT2D eigenvalue weighted by molar-refractivity contribution is 6.57. The molecule has 0 aromatic heterocycles. The molecule has 0 spiro atoms. The van der Waals surface area contributed by atoms with Crippen molar-refractivity contribution in [3.63, 3.8) is 0 Å². The van der Waals surface area contributed by atoms with E-state index in [1.165, 1.54) is 0 Å². The molecule has 0 unspecified atom stereocenters. The molecule has 3 rings (SSSR count). The number of carbonyl (C=O) groups excluding carboxylic acids is 2. The van der Waals surface area contributed by atoms with Gasteiger partial charge in [-0.3, -0.25) is 9.59 Å². The lowest BCUT2D eigenvalue weighted by atomic mass is 10.0. The molecule has 18 heavy (non-hydrogen) atoms. The molecule has 4 heteroatoms. The zero-order valence-corrected chi connectivity index (χ0v) is 9.94. The minimum Gasteiger partial charge on any atom is -0.496 e. The number of rotatable bonds is 2. The van der Waals surface area contributed by atoms with E-state index < -0.39 is 11.6 Å².